The fourth-order valence-corrected chi connectivity index (χ4v) is 4.38. The highest BCUT2D eigenvalue weighted by atomic mass is 32.2. The number of benzene rings is 2. The van der Waals surface area contributed by atoms with Crippen LogP contribution in [0.3, 0.4) is 0 Å². The fourth-order valence-electron chi connectivity index (χ4n) is 3.55. The molecule has 0 bridgehead atoms. The number of nitrogens with zero attached hydrogens (tertiary/aromatic N) is 2. The van der Waals surface area contributed by atoms with E-state index in [1.807, 2.05) is 49.4 Å². The van der Waals surface area contributed by atoms with Gasteiger partial charge in [0, 0.05) is 29.1 Å². The summed E-state index contributed by atoms with van der Waals surface area (Å²) in [5.74, 6) is 1.85. The average Bonchev–Trinajstić information content (AvgIpc) is 3.25. The first-order chi connectivity index (χ1) is 16.6. The second kappa shape index (κ2) is 11.1. The molecule has 0 radical (unpaired) electrons. The zero-order chi connectivity index (χ0) is 23.9. The molecular formula is C26H27N3O4S. The van der Waals surface area contributed by atoms with Gasteiger partial charge in [0.1, 0.15) is 5.58 Å². The molecule has 1 N–H and O–H groups in total. The van der Waals surface area contributed by atoms with E-state index in [2.05, 4.69) is 22.2 Å². The third kappa shape index (κ3) is 5.34. The van der Waals surface area contributed by atoms with Crippen molar-refractivity contribution >= 4 is 28.6 Å². The molecule has 1 atom stereocenters. The van der Waals surface area contributed by atoms with E-state index in [0.29, 0.717) is 40.4 Å². The summed E-state index contributed by atoms with van der Waals surface area (Å²) in [6.45, 7) is 4.59. The molecule has 0 aliphatic heterocycles. The largest absolute Gasteiger partial charge is 0.493 e. The summed E-state index contributed by atoms with van der Waals surface area (Å²) < 4.78 is 17.2. The summed E-state index contributed by atoms with van der Waals surface area (Å²) in [5, 5.41) is 4.61. The van der Waals surface area contributed by atoms with Crippen LogP contribution in [0.15, 0.2) is 70.5 Å². The van der Waals surface area contributed by atoms with Gasteiger partial charge in [-0.25, -0.2) is 9.97 Å². The standard InChI is InChI=1S/C26H27N3O4S/c1-4-14-32-22-11-10-18(15-23(22)31-3)17(2)29-25(30)24-20(16-34-26-27-12-7-13-28-26)19-8-5-6-9-21(19)33-24/h5-13,15,17H,4,14,16H2,1-3H3,(H,29,30). The average molecular weight is 478 g/mol. The molecule has 2 heterocycles. The predicted octanol–water partition coefficient (Wildman–Crippen LogP) is 5.80. The van der Waals surface area contributed by atoms with E-state index in [1.165, 1.54) is 11.8 Å². The number of amides is 1. The van der Waals surface area contributed by atoms with Crippen LogP contribution < -0.4 is 14.8 Å². The predicted molar refractivity (Wildman–Crippen MR) is 132 cm³/mol. The number of hydrogen-bond donors (Lipinski definition) is 1. The lowest BCUT2D eigenvalue weighted by Crippen LogP contribution is -2.27. The van der Waals surface area contributed by atoms with Crippen LogP contribution in [0.2, 0.25) is 0 Å². The third-order valence-electron chi connectivity index (χ3n) is 5.29. The van der Waals surface area contributed by atoms with E-state index in [4.69, 9.17) is 13.9 Å². The van der Waals surface area contributed by atoms with E-state index in [0.717, 1.165) is 22.9 Å². The van der Waals surface area contributed by atoms with Gasteiger partial charge in [0.15, 0.2) is 22.4 Å². The zero-order valence-corrected chi connectivity index (χ0v) is 20.2. The Morgan fingerprint density at radius 2 is 1.91 bits per heavy atom. The van der Waals surface area contributed by atoms with Gasteiger partial charge in [-0.1, -0.05) is 43.0 Å². The Labute approximate surface area is 202 Å². The van der Waals surface area contributed by atoms with Gasteiger partial charge in [-0.3, -0.25) is 4.79 Å². The van der Waals surface area contributed by atoms with Gasteiger partial charge in [0.2, 0.25) is 0 Å². The lowest BCUT2D eigenvalue weighted by Gasteiger charge is -2.17. The van der Waals surface area contributed by atoms with Gasteiger partial charge in [0.25, 0.3) is 5.91 Å². The molecule has 8 heteroatoms. The molecule has 1 unspecified atom stereocenters. The van der Waals surface area contributed by atoms with E-state index in [1.54, 1.807) is 25.6 Å². The van der Waals surface area contributed by atoms with Crippen LogP contribution in [0.1, 0.15) is 48.0 Å². The quantitative estimate of drug-likeness (QED) is 0.228. The number of thioether (sulfide) groups is 1. The summed E-state index contributed by atoms with van der Waals surface area (Å²) in [6.07, 6.45) is 4.31. The highest BCUT2D eigenvalue weighted by molar-refractivity contribution is 7.98. The minimum Gasteiger partial charge on any atom is -0.493 e. The van der Waals surface area contributed by atoms with Crippen molar-refractivity contribution in [2.24, 2.45) is 0 Å². The van der Waals surface area contributed by atoms with Crippen LogP contribution in [0.4, 0.5) is 0 Å². The van der Waals surface area contributed by atoms with Crippen molar-refractivity contribution in [2.75, 3.05) is 13.7 Å². The normalized spacial score (nSPS) is 11.9. The van der Waals surface area contributed by atoms with Crippen LogP contribution in [-0.4, -0.2) is 29.6 Å². The summed E-state index contributed by atoms with van der Waals surface area (Å²) in [5.41, 5.74) is 2.39. The number of carbonyl (C=O) groups is 1. The smallest absolute Gasteiger partial charge is 0.287 e. The number of aromatic nitrogens is 2. The summed E-state index contributed by atoms with van der Waals surface area (Å²) >= 11 is 1.46. The highest BCUT2D eigenvalue weighted by Gasteiger charge is 2.23. The second-order valence-corrected chi connectivity index (χ2v) is 8.62. The topological polar surface area (TPSA) is 86.5 Å². The first-order valence-corrected chi connectivity index (χ1v) is 12.1. The SMILES string of the molecule is CCCOc1ccc(C(C)NC(=O)c2oc3ccccc3c2CSc2ncccn2)cc1OC. The molecule has 0 aliphatic carbocycles. The summed E-state index contributed by atoms with van der Waals surface area (Å²) in [4.78, 5) is 21.8. The first-order valence-electron chi connectivity index (χ1n) is 11.1. The van der Waals surface area contributed by atoms with Crippen LogP contribution >= 0.6 is 11.8 Å². The maximum absolute atomic E-state index is 13.3. The number of nitrogens with one attached hydrogen (secondary N) is 1. The minimum absolute atomic E-state index is 0.271. The molecule has 0 aliphatic rings. The Balaban J connectivity index is 1.55. The van der Waals surface area contributed by atoms with E-state index in [-0.39, 0.29) is 11.9 Å². The number of ether oxygens (including phenoxy) is 2. The molecule has 34 heavy (non-hydrogen) atoms. The van der Waals surface area contributed by atoms with Crippen molar-refractivity contribution < 1.29 is 18.7 Å². The molecule has 4 rings (SSSR count). The molecule has 2 aromatic heterocycles. The lowest BCUT2D eigenvalue weighted by molar-refractivity contribution is 0.0913. The van der Waals surface area contributed by atoms with Gasteiger partial charge >= 0.3 is 0 Å². The fraction of sp³-hybridized carbons (Fsp3) is 0.269. The maximum Gasteiger partial charge on any atom is 0.287 e. The van der Waals surface area contributed by atoms with Gasteiger partial charge in [-0.05, 0) is 43.2 Å². The molecule has 1 amide bonds. The Hall–Kier alpha value is -3.52. The number of hydrogen-bond acceptors (Lipinski definition) is 7. The molecule has 0 saturated carbocycles. The molecular weight excluding hydrogens is 450 g/mol. The van der Waals surface area contributed by atoms with Crippen molar-refractivity contribution in [3.8, 4) is 11.5 Å². The molecule has 0 spiro atoms. The van der Waals surface area contributed by atoms with Gasteiger partial charge in [0.05, 0.1) is 19.8 Å². The van der Waals surface area contributed by atoms with Gasteiger partial charge in [-0.15, -0.1) is 0 Å². The van der Waals surface area contributed by atoms with Gasteiger partial charge < -0.3 is 19.2 Å². The zero-order valence-electron chi connectivity index (χ0n) is 19.4. The maximum atomic E-state index is 13.3. The number of carbonyl (C=O) groups excluding carboxylic acids is 1. The Morgan fingerprint density at radius 3 is 2.68 bits per heavy atom. The molecule has 4 aromatic rings. The number of fused-ring (bicyclic) bond motifs is 1. The Bertz CT molecular complexity index is 1260. The number of furan rings is 1. The summed E-state index contributed by atoms with van der Waals surface area (Å²) in [7, 11) is 1.61. The Morgan fingerprint density at radius 1 is 1.12 bits per heavy atom. The number of methoxy groups -OCH3 is 1. The molecule has 2 aromatic carbocycles. The van der Waals surface area contributed by atoms with Crippen molar-refractivity contribution in [3.05, 3.63) is 77.8 Å². The number of rotatable bonds is 10. The summed E-state index contributed by atoms with van der Waals surface area (Å²) in [6, 6.07) is 14.8. The van der Waals surface area contributed by atoms with Gasteiger partial charge in [-0.2, -0.15) is 0 Å². The molecule has 0 fully saturated rings. The van der Waals surface area contributed by atoms with Crippen LogP contribution in [0.5, 0.6) is 11.5 Å². The van der Waals surface area contributed by atoms with E-state index >= 15 is 0 Å². The number of para-hydroxylation sites is 1. The van der Waals surface area contributed by atoms with E-state index < -0.39 is 0 Å². The molecule has 0 saturated heterocycles. The molecule has 176 valence electrons. The highest BCUT2D eigenvalue weighted by Crippen LogP contribution is 2.33. The second-order valence-electron chi connectivity index (χ2n) is 7.68. The van der Waals surface area contributed by atoms with Crippen molar-refractivity contribution in [1.82, 2.24) is 15.3 Å². The lowest BCUT2D eigenvalue weighted by atomic mass is 10.1. The monoisotopic (exact) mass is 477 g/mol. The van der Waals surface area contributed by atoms with E-state index in [9.17, 15) is 4.79 Å². The van der Waals surface area contributed by atoms with Crippen molar-refractivity contribution in [2.45, 2.75) is 37.2 Å². The Kier molecular flexibility index (Phi) is 7.69. The van der Waals surface area contributed by atoms with Crippen molar-refractivity contribution in [3.63, 3.8) is 0 Å². The van der Waals surface area contributed by atoms with Crippen LogP contribution in [-0.2, 0) is 5.75 Å². The van der Waals surface area contributed by atoms with Crippen molar-refractivity contribution in [1.29, 1.82) is 0 Å². The minimum atomic E-state index is -0.279. The first kappa shape index (κ1) is 23.6. The molecule has 7 nitrogen and oxygen atoms in total. The van der Waals surface area contributed by atoms with Crippen LogP contribution in [0.25, 0.3) is 11.0 Å². The van der Waals surface area contributed by atoms with Crippen LogP contribution in [0, 0.1) is 0 Å². The third-order valence-corrected chi connectivity index (χ3v) is 6.19.